The van der Waals surface area contributed by atoms with Crippen LogP contribution in [0.4, 0.5) is 0 Å². The molecule has 2 aliphatic rings. The molecule has 28 heavy (non-hydrogen) atoms. The third-order valence-electron chi connectivity index (χ3n) is 5.86. The Morgan fingerprint density at radius 1 is 1.18 bits per heavy atom. The minimum atomic E-state index is 0.0861. The van der Waals surface area contributed by atoms with Crippen molar-refractivity contribution in [3.8, 4) is 0 Å². The van der Waals surface area contributed by atoms with Gasteiger partial charge in [0.15, 0.2) is 10.8 Å². The Hall–Kier alpha value is -2.12. The van der Waals surface area contributed by atoms with E-state index in [4.69, 9.17) is 0 Å². The Balaban J connectivity index is 1.25. The van der Waals surface area contributed by atoms with Crippen molar-refractivity contribution in [1.29, 1.82) is 0 Å². The van der Waals surface area contributed by atoms with Crippen LogP contribution in [0.5, 0.6) is 0 Å². The van der Waals surface area contributed by atoms with E-state index in [1.807, 2.05) is 18.2 Å². The maximum atomic E-state index is 12.5. The second-order valence-corrected chi connectivity index (χ2v) is 8.86. The van der Waals surface area contributed by atoms with Gasteiger partial charge < -0.3 is 10.2 Å². The molecule has 0 bridgehead atoms. The quantitative estimate of drug-likeness (QED) is 0.673. The molecule has 1 aliphatic carbocycles. The topological polar surface area (TPSA) is 62.5 Å². The Kier molecular flexibility index (Phi) is 4.72. The van der Waals surface area contributed by atoms with Gasteiger partial charge in [0.25, 0.3) is 0 Å². The number of thioether (sulfide) groups is 1. The Morgan fingerprint density at radius 2 is 1.96 bits per heavy atom. The maximum Gasteiger partial charge on any atom is 0.230 e. The van der Waals surface area contributed by atoms with Gasteiger partial charge in [0.2, 0.25) is 5.91 Å². The van der Waals surface area contributed by atoms with Gasteiger partial charge in [0.1, 0.15) is 0 Å². The zero-order valence-corrected chi connectivity index (χ0v) is 16.9. The van der Waals surface area contributed by atoms with Crippen molar-refractivity contribution in [2.24, 2.45) is 0 Å². The molecule has 3 aromatic rings. The fourth-order valence-corrected chi connectivity index (χ4v) is 4.98. The lowest BCUT2D eigenvalue weighted by Gasteiger charge is -2.32. The lowest BCUT2D eigenvalue weighted by Crippen LogP contribution is -2.45. The number of aryl methyl sites for hydroxylation is 1. The molecule has 0 unspecified atom stereocenters. The highest BCUT2D eigenvalue weighted by atomic mass is 32.2. The predicted molar refractivity (Wildman–Crippen MR) is 112 cm³/mol. The normalized spacial score (nSPS) is 18.8. The molecule has 146 valence electrons. The summed E-state index contributed by atoms with van der Waals surface area (Å²) in [5.41, 5.74) is 3.09. The number of aromatic nitrogens is 3. The summed E-state index contributed by atoms with van der Waals surface area (Å²) in [5.74, 6) is 0.453. The molecule has 1 saturated carbocycles. The second-order valence-electron chi connectivity index (χ2n) is 7.92. The average molecular weight is 396 g/mol. The van der Waals surface area contributed by atoms with Gasteiger partial charge in [0, 0.05) is 30.6 Å². The van der Waals surface area contributed by atoms with Crippen LogP contribution in [-0.2, 0) is 4.79 Å². The number of benzene rings is 1. The molecular formula is C21H25N5OS. The van der Waals surface area contributed by atoms with E-state index in [9.17, 15) is 4.79 Å². The van der Waals surface area contributed by atoms with E-state index in [0.29, 0.717) is 11.8 Å². The summed E-state index contributed by atoms with van der Waals surface area (Å²) in [7, 11) is 0. The second kappa shape index (κ2) is 7.37. The average Bonchev–Trinajstić information content (AvgIpc) is 3.48. The molecule has 7 heteroatoms. The number of likely N-dealkylation sites (tertiary alicyclic amines) is 1. The Bertz CT molecular complexity index is 1020. The van der Waals surface area contributed by atoms with Crippen LogP contribution in [-0.4, -0.2) is 56.3 Å². The van der Waals surface area contributed by atoms with Gasteiger partial charge in [-0.2, -0.15) is 0 Å². The summed E-state index contributed by atoms with van der Waals surface area (Å²) in [4.78, 5) is 15.1. The van der Waals surface area contributed by atoms with Crippen molar-refractivity contribution in [2.45, 2.75) is 49.8 Å². The summed E-state index contributed by atoms with van der Waals surface area (Å²) >= 11 is 1.46. The number of pyridine rings is 1. The maximum absolute atomic E-state index is 12.5. The van der Waals surface area contributed by atoms with E-state index < -0.39 is 0 Å². The SMILES string of the molecule is Cc1cc2nnc(SCC(=O)NC3CCN(C4CC4)CC3)n2c2ccccc12. The highest BCUT2D eigenvalue weighted by molar-refractivity contribution is 7.99. The van der Waals surface area contributed by atoms with Gasteiger partial charge in [-0.15, -0.1) is 10.2 Å². The molecule has 0 radical (unpaired) electrons. The Labute approximate surface area is 168 Å². The molecule has 6 nitrogen and oxygen atoms in total. The number of hydrogen-bond donors (Lipinski definition) is 1. The highest BCUT2D eigenvalue weighted by Crippen LogP contribution is 2.29. The molecule has 1 saturated heterocycles. The summed E-state index contributed by atoms with van der Waals surface area (Å²) in [6.07, 6.45) is 4.83. The molecule has 1 N–H and O–H groups in total. The number of amides is 1. The molecule has 2 fully saturated rings. The molecule has 1 amide bonds. The van der Waals surface area contributed by atoms with Gasteiger partial charge >= 0.3 is 0 Å². The minimum absolute atomic E-state index is 0.0861. The predicted octanol–water partition coefficient (Wildman–Crippen LogP) is 3.03. The van der Waals surface area contributed by atoms with E-state index in [2.05, 4.69) is 43.9 Å². The van der Waals surface area contributed by atoms with Gasteiger partial charge in [-0.3, -0.25) is 9.20 Å². The van der Waals surface area contributed by atoms with Crippen LogP contribution >= 0.6 is 11.8 Å². The fraction of sp³-hybridized carbons (Fsp3) is 0.476. The first kappa shape index (κ1) is 17.9. The third-order valence-corrected chi connectivity index (χ3v) is 6.79. The van der Waals surface area contributed by atoms with Crippen LogP contribution < -0.4 is 5.32 Å². The zero-order valence-electron chi connectivity index (χ0n) is 16.1. The van der Waals surface area contributed by atoms with Crippen molar-refractivity contribution in [2.75, 3.05) is 18.8 Å². The molecule has 0 spiro atoms. The summed E-state index contributed by atoms with van der Waals surface area (Å²) in [6.45, 7) is 4.32. The van der Waals surface area contributed by atoms with E-state index in [1.165, 1.54) is 35.6 Å². The van der Waals surface area contributed by atoms with Crippen molar-refractivity contribution in [3.63, 3.8) is 0 Å². The molecule has 3 heterocycles. The van der Waals surface area contributed by atoms with Crippen LogP contribution in [0.15, 0.2) is 35.5 Å². The van der Waals surface area contributed by atoms with Crippen molar-refractivity contribution in [1.82, 2.24) is 24.8 Å². The number of nitrogens with zero attached hydrogens (tertiary/aromatic N) is 4. The number of para-hydroxylation sites is 1. The zero-order chi connectivity index (χ0) is 19.1. The van der Waals surface area contributed by atoms with E-state index >= 15 is 0 Å². The molecule has 1 aromatic carbocycles. The molecule has 0 atom stereocenters. The van der Waals surface area contributed by atoms with Crippen molar-refractivity contribution < 1.29 is 4.79 Å². The smallest absolute Gasteiger partial charge is 0.230 e. The number of piperidine rings is 1. The monoisotopic (exact) mass is 395 g/mol. The van der Waals surface area contributed by atoms with Crippen LogP contribution in [0.3, 0.4) is 0 Å². The number of hydrogen-bond acceptors (Lipinski definition) is 5. The largest absolute Gasteiger partial charge is 0.353 e. The van der Waals surface area contributed by atoms with Gasteiger partial charge in [-0.05, 0) is 50.3 Å². The van der Waals surface area contributed by atoms with Crippen molar-refractivity contribution >= 4 is 34.2 Å². The van der Waals surface area contributed by atoms with Gasteiger partial charge in [-0.25, -0.2) is 0 Å². The molecule has 1 aliphatic heterocycles. The highest BCUT2D eigenvalue weighted by Gasteiger charge is 2.32. The van der Waals surface area contributed by atoms with Gasteiger partial charge in [-0.1, -0.05) is 30.0 Å². The summed E-state index contributed by atoms with van der Waals surface area (Å²) in [5, 5.41) is 13.8. The first-order valence-electron chi connectivity index (χ1n) is 10.1. The van der Waals surface area contributed by atoms with Crippen LogP contribution in [0.2, 0.25) is 0 Å². The number of carbonyl (C=O) groups is 1. The molecular weight excluding hydrogens is 370 g/mol. The molecule has 2 aromatic heterocycles. The van der Waals surface area contributed by atoms with E-state index in [0.717, 1.165) is 48.3 Å². The standard InChI is InChI=1S/C21H25N5OS/c1-14-12-19-23-24-21(26(19)18-5-3-2-4-17(14)18)28-13-20(27)22-15-8-10-25(11-9-15)16-6-7-16/h2-5,12,15-16H,6-11,13H2,1H3,(H,22,27). The van der Waals surface area contributed by atoms with E-state index in [-0.39, 0.29) is 5.91 Å². The molecule has 5 rings (SSSR count). The van der Waals surface area contributed by atoms with Gasteiger partial charge in [0.05, 0.1) is 11.3 Å². The number of fused-ring (bicyclic) bond motifs is 3. The third kappa shape index (κ3) is 3.49. The van der Waals surface area contributed by atoms with Crippen LogP contribution in [0.25, 0.3) is 16.6 Å². The minimum Gasteiger partial charge on any atom is -0.353 e. The number of carbonyl (C=O) groups excluding carboxylic acids is 1. The van der Waals surface area contributed by atoms with E-state index in [1.54, 1.807) is 0 Å². The first-order chi connectivity index (χ1) is 13.7. The first-order valence-corrected chi connectivity index (χ1v) is 11.1. The van der Waals surface area contributed by atoms with Crippen LogP contribution in [0.1, 0.15) is 31.2 Å². The van der Waals surface area contributed by atoms with Crippen LogP contribution in [0, 0.1) is 6.92 Å². The summed E-state index contributed by atoms with van der Waals surface area (Å²) < 4.78 is 2.05. The Morgan fingerprint density at radius 3 is 2.75 bits per heavy atom. The summed E-state index contributed by atoms with van der Waals surface area (Å²) in [6, 6.07) is 11.4. The lowest BCUT2D eigenvalue weighted by molar-refractivity contribution is -0.119. The lowest BCUT2D eigenvalue weighted by atomic mass is 10.1. The number of nitrogens with one attached hydrogen (secondary N) is 1. The fourth-order valence-electron chi connectivity index (χ4n) is 4.22. The van der Waals surface area contributed by atoms with Crippen molar-refractivity contribution in [3.05, 3.63) is 35.9 Å². The number of rotatable bonds is 5.